The summed E-state index contributed by atoms with van der Waals surface area (Å²) in [5, 5.41) is 5.22. The fourth-order valence-corrected chi connectivity index (χ4v) is 8.59. The van der Waals surface area contributed by atoms with Gasteiger partial charge in [-0.25, -0.2) is 0 Å². The van der Waals surface area contributed by atoms with Crippen LogP contribution in [0.3, 0.4) is 0 Å². The molecule has 1 nitrogen and oxygen atoms in total. The first-order chi connectivity index (χ1) is 22.1. The summed E-state index contributed by atoms with van der Waals surface area (Å²) >= 11 is 1.88. The SMILES string of the molecule is CC1(C)c2ccccc2-c2cc(N(c3ccc(-c4ccccc4)cc3)c3cccc4c3ccc3sc5ccccc5c34)ccc21. The maximum absolute atomic E-state index is 2.45. The second-order valence-electron chi connectivity index (χ2n) is 12.6. The number of nitrogens with zero attached hydrogens (tertiary/aromatic N) is 1. The predicted molar refractivity (Wildman–Crippen MR) is 195 cm³/mol. The molecule has 214 valence electrons. The Morgan fingerprint density at radius 2 is 1.16 bits per heavy atom. The molecule has 7 aromatic carbocycles. The Bertz CT molecular complexity index is 2400. The van der Waals surface area contributed by atoms with Gasteiger partial charge in [0.15, 0.2) is 0 Å². The van der Waals surface area contributed by atoms with Gasteiger partial charge in [-0.05, 0) is 81.2 Å². The summed E-state index contributed by atoms with van der Waals surface area (Å²) in [4.78, 5) is 2.45. The average Bonchev–Trinajstić information content (AvgIpc) is 3.58. The minimum atomic E-state index is -0.0301. The smallest absolute Gasteiger partial charge is 0.0540 e. The molecule has 1 heterocycles. The van der Waals surface area contributed by atoms with E-state index >= 15 is 0 Å². The first-order valence-electron chi connectivity index (χ1n) is 15.6. The van der Waals surface area contributed by atoms with E-state index in [1.807, 2.05) is 11.3 Å². The van der Waals surface area contributed by atoms with Crippen molar-refractivity contribution in [1.29, 1.82) is 0 Å². The molecule has 0 saturated carbocycles. The molecule has 0 unspecified atom stereocenters. The van der Waals surface area contributed by atoms with Crippen LogP contribution < -0.4 is 4.90 Å². The maximum Gasteiger partial charge on any atom is 0.0540 e. The zero-order chi connectivity index (χ0) is 30.1. The van der Waals surface area contributed by atoms with Gasteiger partial charge in [0, 0.05) is 42.3 Å². The van der Waals surface area contributed by atoms with Crippen LogP contribution in [0.25, 0.3) is 53.2 Å². The number of thiophene rings is 1. The van der Waals surface area contributed by atoms with Crippen molar-refractivity contribution in [3.05, 3.63) is 163 Å². The molecule has 0 saturated heterocycles. The number of fused-ring (bicyclic) bond motifs is 8. The van der Waals surface area contributed by atoms with E-state index in [1.54, 1.807) is 0 Å². The van der Waals surface area contributed by atoms with Gasteiger partial charge in [0.2, 0.25) is 0 Å². The van der Waals surface area contributed by atoms with Crippen LogP contribution >= 0.6 is 11.3 Å². The highest BCUT2D eigenvalue weighted by atomic mass is 32.1. The fraction of sp³-hybridized carbons (Fsp3) is 0.0698. The fourth-order valence-electron chi connectivity index (χ4n) is 7.47. The Labute approximate surface area is 267 Å². The van der Waals surface area contributed by atoms with Crippen molar-refractivity contribution in [2.75, 3.05) is 4.90 Å². The van der Waals surface area contributed by atoms with Crippen molar-refractivity contribution in [3.8, 4) is 22.3 Å². The lowest BCUT2D eigenvalue weighted by atomic mass is 9.82. The molecule has 1 aliphatic carbocycles. The third kappa shape index (κ3) is 3.99. The molecule has 8 aromatic rings. The minimum absolute atomic E-state index is 0.0301. The summed E-state index contributed by atoms with van der Waals surface area (Å²) in [6.07, 6.45) is 0. The first-order valence-corrected chi connectivity index (χ1v) is 16.4. The van der Waals surface area contributed by atoms with Crippen LogP contribution in [0.5, 0.6) is 0 Å². The van der Waals surface area contributed by atoms with E-state index in [0.717, 1.165) is 11.4 Å². The van der Waals surface area contributed by atoms with E-state index in [4.69, 9.17) is 0 Å². The van der Waals surface area contributed by atoms with Gasteiger partial charge >= 0.3 is 0 Å². The van der Waals surface area contributed by atoms with Crippen LogP contribution in [0.4, 0.5) is 17.1 Å². The number of hydrogen-bond donors (Lipinski definition) is 0. The normalized spacial score (nSPS) is 13.3. The Morgan fingerprint density at radius 1 is 0.467 bits per heavy atom. The monoisotopic (exact) mass is 593 g/mol. The quantitative estimate of drug-likeness (QED) is 0.196. The Morgan fingerprint density at radius 3 is 2.02 bits per heavy atom. The molecule has 2 heteroatoms. The average molecular weight is 594 g/mol. The summed E-state index contributed by atoms with van der Waals surface area (Å²) in [6, 6.07) is 55.8. The molecule has 1 aliphatic rings. The van der Waals surface area contributed by atoms with Gasteiger partial charge in [-0.3, -0.25) is 0 Å². The molecule has 0 amide bonds. The van der Waals surface area contributed by atoms with E-state index in [1.165, 1.54) is 70.0 Å². The highest BCUT2D eigenvalue weighted by Crippen LogP contribution is 2.51. The maximum atomic E-state index is 2.45. The van der Waals surface area contributed by atoms with E-state index in [2.05, 4.69) is 170 Å². The lowest BCUT2D eigenvalue weighted by Crippen LogP contribution is -2.15. The Hall–Kier alpha value is -5.18. The molecule has 45 heavy (non-hydrogen) atoms. The number of anilines is 3. The molecular weight excluding hydrogens is 563 g/mol. The molecule has 0 bridgehead atoms. The molecule has 0 aliphatic heterocycles. The number of hydrogen-bond acceptors (Lipinski definition) is 2. The number of benzene rings is 7. The van der Waals surface area contributed by atoms with Gasteiger partial charge < -0.3 is 4.90 Å². The second-order valence-corrected chi connectivity index (χ2v) is 13.6. The van der Waals surface area contributed by atoms with Crippen LogP contribution in [0.2, 0.25) is 0 Å². The van der Waals surface area contributed by atoms with Crippen molar-refractivity contribution >= 4 is 59.3 Å². The van der Waals surface area contributed by atoms with Gasteiger partial charge in [-0.1, -0.05) is 123 Å². The van der Waals surface area contributed by atoms with Gasteiger partial charge in [-0.2, -0.15) is 0 Å². The Kier molecular flexibility index (Phi) is 5.78. The second kappa shape index (κ2) is 9.92. The van der Waals surface area contributed by atoms with Crippen LogP contribution in [-0.2, 0) is 5.41 Å². The molecular formula is C43H31NS. The van der Waals surface area contributed by atoms with Crippen molar-refractivity contribution in [1.82, 2.24) is 0 Å². The minimum Gasteiger partial charge on any atom is -0.310 e. The molecule has 9 rings (SSSR count). The molecule has 1 aromatic heterocycles. The van der Waals surface area contributed by atoms with Crippen LogP contribution in [0.1, 0.15) is 25.0 Å². The van der Waals surface area contributed by atoms with Crippen LogP contribution in [0.15, 0.2) is 152 Å². The lowest BCUT2D eigenvalue weighted by molar-refractivity contribution is 0.660. The molecule has 0 fully saturated rings. The molecule has 0 spiro atoms. The van der Waals surface area contributed by atoms with Crippen molar-refractivity contribution < 1.29 is 0 Å². The van der Waals surface area contributed by atoms with E-state index in [9.17, 15) is 0 Å². The summed E-state index contributed by atoms with van der Waals surface area (Å²) < 4.78 is 2.66. The molecule has 0 atom stereocenters. The largest absolute Gasteiger partial charge is 0.310 e. The Balaban J connectivity index is 1.29. The van der Waals surface area contributed by atoms with Crippen molar-refractivity contribution in [2.24, 2.45) is 0 Å². The van der Waals surface area contributed by atoms with Crippen LogP contribution in [0, 0.1) is 0 Å². The topological polar surface area (TPSA) is 3.24 Å². The van der Waals surface area contributed by atoms with Crippen LogP contribution in [-0.4, -0.2) is 0 Å². The van der Waals surface area contributed by atoms with Gasteiger partial charge in [0.1, 0.15) is 0 Å². The number of rotatable bonds is 4. The summed E-state index contributed by atoms with van der Waals surface area (Å²) in [5.41, 5.74) is 11.3. The summed E-state index contributed by atoms with van der Waals surface area (Å²) in [6.45, 7) is 4.69. The highest BCUT2D eigenvalue weighted by molar-refractivity contribution is 7.26. The van der Waals surface area contributed by atoms with E-state index in [-0.39, 0.29) is 5.41 Å². The molecule has 0 N–H and O–H groups in total. The molecule has 0 radical (unpaired) electrons. The van der Waals surface area contributed by atoms with Crippen molar-refractivity contribution in [2.45, 2.75) is 19.3 Å². The lowest BCUT2D eigenvalue weighted by Gasteiger charge is -2.28. The summed E-state index contributed by atoms with van der Waals surface area (Å²) in [7, 11) is 0. The first kappa shape index (κ1) is 26.2. The standard InChI is InChI=1S/C43H31NS/c1-43(2)37-16-8-6-13-32(37)36-27-31(23-25-38(36)43)44(30-21-19-29(20-22-30)28-11-4-3-5-12-28)39-17-10-15-34-33(39)24-26-41-42(34)35-14-7-9-18-40(35)45-41/h3-27H,1-2H3. The van der Waals surface area contributed by atoms with E-state index in [0.29, 0.717) is 0 Å². The summed E-state index contributed by atoms with van der Waals surface area (Å²) in [5.74, 6) is 0. The van der Waals surface area contributed by atoms with E-state index < -0.39 is 0 Å². The van der Waals surface area contributed by atoms with Crippen molar-refractivity contribution in [3.63, 3.8) is 0 Å². The predicted octanol–water partition coefficient (Wildman–Crippen LogP) is 12.7. The highest BCUT2D eigenvalue weighted by Gasteiger charge is 2.35. The van der Waals surface area contributed by atoms with Gasteiger partial charge in [0.05, 0.1) is 5.69 Å². The van der Waals surface area contributed by atoms with Gasteiger partial charge in [-0.15, -0.1) is 11.3 Å². The zero-order valence-electron chi connectivity index (χ0n) is 25.3. The third-order valence-corrected chi connectivity index (χ3v) is 10.8. The zero-order valence-corrected chi connectivity index (χ0v) is 26.1. The van der Waals surface area contributed by atoms with Gasteiger partial charge in [0.25, 0.3) is 0 Å². The third-order valence-electron chi connectivity index (χ3n) is 9.68.